The van der Waals surface area contributed by atoms with Crippen LogP contribution >= 0.6 is 0 Å². The van der Waals surface area contributed by atoms with Crippen LogP contribution in [0, 0.1) is 11.3 Å². The molecule has 7 heteroatoms. The molecule has 1 aromatic carbocycles. The summed E-state index contributed by atoms with van der Waals surface area (Å²) in [6.45, 7) is -2.14. The first-order valence-electron chi connectivity index (χ1n) is 5.95. The topological polar surface area (TPSA) is 62.6 Å². The second-order valence-corrected chi connectivity index (χ2v) is 4.15. The van der Waals surface area contributed by atoms with Crippen LogP contribution in [-0.4, -0.2) is 43.2 Å². The van der Waals surface area contributed by atoms with Crippen molar-refractivity contribution in [3.8, 4) is 11.8 Å². The number of benzene rings is 1. The van der Waals surface area contributed by atoms with Crippen LogP contribution in [0.25, 0.3) is 0 Å². The van der Waals surface area contributed by atoms with Crippen LogP contribution in [0.3, 0.4) is 0 Å². The molecule has 1 aliphatic rings. The third kappa shape index (κ3) is 3.42. The molecular weight excluding hydrogens is 270 g/mol. The molecule has 1 heterocycles. The van der Waals surface area contributed by atoms with Gasteiger partial charge in [0.05, 0.1) is 19.2 Å². The van der Waals surface area contributed by atoms with Gasteiger partial charge < -0.3 is 14.4 Å². The highest BCUT2D eigenvalue weighted by Crippen LogP contribution is 2.18. The molecule has 1 saturated heterocycles. The number of carbonyl (C=O) groups excluding carboxylic acids is 1. The molecule has 1 fully saturated rings. The lowest BCUT2D eigenvalue weighted by Crippen LogP contribution is -2.45. The maximum atomic E-state index is 12.2. The van der Waals surface area contributed by atoms with E-state index in [4.69, 9.17) is 10.00 Å². The van der Waals surface area contributed by atoms with Gasteiger partial charge in [-0.1, -0.05) is 6.07 Å². The van der Waals surface area contributed by atoms with E-state index < -0.39 is 12.7 Å². The van der Waals surface area contributed by atoms with E-state index in [2.05, 4.69) is 4.74 Å². The summed E-state index contributed by atoms with van der Waals surface area (Å²) in [5.41, 5.74) is 0.238. The second kappa shape index (κ2) is 6.30. The smallest absolute Gasteiger partial charge is 0.387 e. The van der Waals surface area contributed by atoms with Crippen LogP contribution in [0.15, 0.2) is 24.3 Å². The fraction of sp³-hybridized carbons (Fsp3) is 0.385. The fourth-order valence-electron chi connectivity index (χ4n) is 1.90. The van der Waals surface area contributed by atoms with E-state index >= 15 is 0 Å². The highest BCUT2D eigenvalue weighted by molar-refractivity contribution is 5.94. The van der Waals surface area contributed by atoms with Crippen molar-refractivity contribution in [3.63, 3.8) is 0 Å². The van der Waals surface area contributed by atoms with Gasteiger partial charge in [-0.05, 0) is 18.2 Å². The Balaban J connectivity index is 2.10. The molecule has 1 unspecified atom stereocenters. The van der Waals surface area contributed by atoms with Crippen LogP contribution in [0.4, 0.5) is 8.78 Å². The summed E-state index contributed by atoms with van der Waals surface area (Å²) < 4.78 is 33.7. The van der Waals surface area contributed by atoms with Gasteiger partial charge in [0, 0.05) is 12.1 Å². The highest BCUT2D eigenvalue weighted by Gasteiger charge is 2.25. The van der Waals surface area contributed by atoms with Crippen molar-refractivity contribution in [1.82, 2.24) is 4.90 Å². The van der Waals surface area contributed by atoms with Crippen molar-refractivity contribution >= 4 is 5.91 Å². The second-order valence-electron chi connectivity index (χ2n) is 4.15. The first-order chi connectivity index (χ1) is 9.60. The Bertz CT molecular complexity index is 531. The van der Waals surface area contributed by atoms with E-state index in [9.17, 15) is 13.6 Å². The Labute approximate surface area is 114 Å². The molecular formula is C13H12F2N2O3. The van der Waals surface area contributed by atoms with Gasteiger partial charge in [0.25, 0.3) is 5.91 Å². The van der Waals surface area contributed by atoms with E-state index in [1.54, 1.807) is 0 Å². The number of hydrogen-bond donors (Lipinski definition) is 0. The van der Waals surface area contributed by atoms with Crippen LogP contribution in [0.1, 0.15) is 10.4 Å². The van der Waals surface area contributed by atoms with Crippen molar-refractivity contribution in [2.24, 2.45) is 0 Å². The molecule has 1 atom stereocenters. The summed E-state index contributed by atoms with van der Waals surface area (Å²) in [5.74, 6) is -0.413. The SMILES string of the molecule is N#CC1CN(C(=O)c2cccc(OC(F)F)c2)CCO1. The average Bonchev–Trinajstić information content (AvgIpc) is 2.46. The minimum atomic E-state index is -2.94. The van der Waals surface area contributed by atoms with Crippen molar-refractivity contribution in [2.45, 2.75) is 12.7 Å². The summed E-state index contributed by atoms with van der Waals surface area (Å²) in [7, 11) is 0. The Morgan fingerprint density at radius 1 is 1.55 bits per heavy atom. The molecule has 2 rings (SSSR count). The minimum Gasteiger partial charge on any atom is -0.435 e. The van der Waals surface area contributed by atoms with Gasteiger partial charge in [-0.2, -0.15) is 14.0 Å². The number of morpholine rings is 1. The van der Waals surface area contributed by atoms with Crippen LogP contribution in [0.2, 0.25) is 0 Å². The normalized spacial score (nSPS) is 18.7. The quantitative estimate of drug-likeness (QED) is 0.845. The van der Waals surface area contributed by atoms with Crippen molar-refractivity contribution in [3.05, 3.63) is 29.8 Å². The molecule has 0 saturated carbocycles. The number of rotatable bonds is 3. The monoisotopic (exact) mass is 282 g/mol. The summed E-state index contributed by atoms with van der Waals surface area (Å²) in [4.78, 5) is 13.7. The molecule has 0 bridgehead atoms. The fourth-order valence-corrected chi connectivity index (χ4v) is 1.90. The zero-order chi connectivity index (χ0) is 14.5. The van der Waals surface area contributed by atoms with Gasteiger partial charge >= 0.3 is 6.61 Å². The lowest BCUT2D eigenvalue weighted by atomic mass is 10.1. The van der Waals surface area contributed by atoms with Crippen molar-refractivity contribution in [1.29, 1.82) is 5.26 Å². The first kappa shape index (κ1) is 14.2. The number of ether oxygens (including phenoxy) is 2. The van der Waals surface area contributed by atoms with E-state index in [1.807, 2.05) is 6.07 Å². The maximum absolute atomic E-state index is 12.2. The summed E-state index contributed by atoms with van der Waals surface area (Å²) in [6, 6.07) is 7.52. The Kier molecular flexibility index (Phi) is 4.48. The molecule has 0 radical (unpaired) electrons. The van der Waals surface area contributed by atoms with Gasteiger partial charge in [-0.3, -0.25) is 4.79 Å². The van der Waals surface area contributed by atoms with Crippen molar-refractivity contribution < 1.29 is 23.0 Å². The molecule has 5 nitrogen and oxygen atoms in total. The number of hydrogen-bond acceptors (Lipinski definition) is 4. The predicted molar refractivity (Wildman–Crippen MR) is 64.3 cm³/mol. The zero-order valence-corrected chi connectivity index (χ0v) is 10.5. The first-order valence-corrected chi connectivity index (χ1v) is 5.95. The molecule has 0 aliphatic carbocycles. The third-order valence-corrected chi connectivity index (χ3v) is 2.80. The molecule has 0 N–H and O–H groups in total. The number of amides is 1. The Morgan fingerprint density at radius 3 is 3.05 bits per heavy atom. The maximum Gasteiger partial charge on any atom is 0.387 e. The number of alkyl halides is 2. The molecule has 0 spiro atoms. The number of halogens is 2. The van der Waals surface area contributed by atoms with Gasteiger partial charge in [0.15, 0.2) is 6.10 Å². The molecule has 0 aromatic heterocycles. The molecule has 1 amide bonds. The molecule has 106 valence electrons. The van der Waals surface area contributed by atoms with Gasteiger partial charge in [-0.25, -0.2) is 0 Å². The largest absolute Gasteiger partial charge is 0.435 e. The zero-order valence-electron chi connectivity index (χ0n) is 10.5. The van der Waals surface area contributed by atoms with Gasteiger partial charge in [-0.15, -0.1) is 0 Å². The Morgan fingerprint density at radius 2 is 2.35 bits per heavy atom. The minimum absolute atomic E-state index is 0.0732. The summed E-state index contributed by atoms with van der Waals surface area (Å²) in [6.07, 6.45) is -0.659. The lowest BCUT2D eigenvalue weighted by Gasteiger charge is -2.29. The predicted octanol–water partition coefficient (Wildman–Crippen LogP) is 1.65. The van der Waals surface area contributed by atoms with Crippen LogP contribution in [-0.2, 0) is 4.74 Å². The summed E-state index contributed by atoms with van der Waals surface area (Å²) in [5, 5.41) is 8.79. The van der Waals surface area contributed by atoms with E-state index in [0.717, 1.165) is 0 Å². The lowest BCUT2D eigenvalue weighted by molar-refractivity contribution is -0.0499. The van der Waals surface area contributed by atoms with E-state index in [1.165, 1.54) is 29.2 Å². The number of carbonyl (C=O) groups is 1. The highest BCUT2D eigenvalue weighted by atomic mass is 19.3. The van der Waals surface area contributed by atoms with Crippen molar-refractivity contribution in [2.75, 3.05) is 19.7 Å². The van der Waals surface area contributed by atoms with Crippen LogP contribution < -0.4 is 4.74 Å². The average molecular weight is 282 g/mol. The number of nitrogens with zero attached hydrogens (tertiary/aromatic N) is 2. The third-order valence-electron chi connectivity index (χ3n) is 2.80. The standard InChI is InChI=1S/C13H12F2N2O3/c14-13(15)20-10-3-1-2-9(6-10)12(18)17-4-5-19-11(7-16)8-17/h1-3,6,11,13H,4-5,8H2. The molecule has 1 aromatic rings. The molecule has 20 heavy (non-hydrogen) atoms. The summed E-state index contributed by atoms with van der Waals surface area (Å²) >= 11 is 0. The Hall–Kier alpha value is -2.20. The van der Waals surface area contributed by atoms with Crippen LogP contribution in [0.5, 0.6) is 5.75 Å². The van der Waals surface area contributed by atoms with Gasteiger partial charge in [0.1, 0.15) is 5.75 Å². The van der Waals surface area contributed by atoms with E-state index in [0.29, 0.717) is 6.54 Å². The molecule has 1 aliphatic heterocycles. The van der Waals surface area contributed by atoms with E-state index in [-0.39, 0.29) is 30.4 Å². The van der Waals surface area contributed by atoms with Gasteiger partial charge in [0.2, 0.25) is 0 Å². The number of nitriles is 1.